The van der Waals surface area contributed by atoms with Crippen molar-refractivity contribution in [1.29, 1.82) is 0 Å². The van der Waals surface area contributed by atoms with Gasteiger partial charge in [0.15, 0.2) is 0 Å². The molecule has 1 aliphatic rings. The van der Waals surface area contributed by atoms with E-state index in [1.807, 2.05) is 11.0 Å². The van der Waals surface area contributed by atoms with Gasteiger partial charge in [-0.3, -0.25) is 4.79 Å². The molecule has 20 heavy (non-hydrogen) atoms. The van der Waals surface area contributed by atoms with E-state index >= 15 is 0 Å². The van der Waals surface area contributed by atoms with E-state index in [0.717, 1.165) is 24.9 Å². The average molecular weight is 279 g/mol. The smallest absolute Gasteiger partial charge is 0.240 e. The molecule has 2 rings (SSSR count). The van der Waals surface area contributed by atoms with Gasteiger partial charge in [0.05, 0.1) is 5.69 Å². The Morgan fingerprint density at radius 1 is 1.55 bits per heavy atom. The molecule has 1 fully saturated rings. The molecule has 4 nitrogen and oxygen atoms in total. The number of primary amides is 1. The van der Waals surface area contributed by atoms with Gasteiger partial charge in [-0.15, -0.1) is 0 Å². The minimum atomic E-state index is -0.392. The van der Waals surface area contributed by atoms with Crippen LogP contribution in [0.5, 0.6) is 0 Å². The Labute approximate surface area is 119 Å². The number of hydrogen-bond acceptors (Lipinski definition) is 3. The molecule has 1 saturated heterocycles. The van der Waals surface area contributed by atoms with Crippen LogP contribution in [0, 0.1) is 5.82 Å². The van der Waals surface area contributed by atoms with Crippen LogP contribution in [-0.2, 0) is 11.3 Å². The van der Waals surface area contributed by atoms with Gasteiger partial charge in [-0.1, -0.05) is 19.1 Å². The van der Waals surface area contributed by atoms with Crippen LogP contribution in [0.3, 0.4) is 0 Å². The highest BCUT2D eigenvalue weighted by atomic mass is 19.1. The fraction of sp³-hybridized carbons (Fsp3) is 0.533. The third-order valence-electron chi connectivity index (χ3n) is 3.68. The summed E-state index contributed by atoms with van der Waals surface area (Å²) in [6, 6.07) is 4.65. The number of nitrogens with zero attached hydrogens (tertiary/aromatic N) is 1. The van der Waals surface area contributed by atoms with Gasteiger partial charge in [0.1, 0.15) is 11.9 Å². The number of nitrogens with one attached hydrogen (secondary N) is 1. The highest BCUT2D eigenvalue weighted by Crippen LogP contribution is 2.31. The van der Waals surface area contributed by atoms with Crippen LogP contribution < -0.4 is 16.0 Å². The molecule has 0 radical (unpaired) electrons. The molecule has 3 N–H and O–H groups in total. The number of carbonyl (C=O) groups is 1. The molecule has 0 spiro atoms. The summed E-state index contributed by atoms with van der Waals surface area (Å²) in [5.41, 5.74) is 6.84. The summed E-state index contributed by atoms with van der Waals surface area (Å²) in [5.74, 6) is -0.660. The summed E-state index contributed by atoms with van der Waals surface area (Å²) in [6.45, 7) is 4.25. The number of amides is 1. The van der Waals surface area contributed by atoms with Crippen LogP contribution in [0.25, 0.3) is 0 Å². The summed E-state index contributed by atoms with van der Waals surface area (Å²) >= 11 is 0. The van der Waals surface area contributed by atoms with Crippen molar-refractivity contribution < 1.29 is 9.18 Å². The second kappa shape index (κ2) is 6.70. The first-order valence-corrected chi connectivity index (χ1v) is 7.19. The van der Waals surface area contributed by atoms with Gasteiger partial charge in [0.2, 0.25) is 5.91 Å². The SMILES string of the molecule is CCCNCc1cccc(F)c1N1CCCC1C(N)=O. The maximum atomic E-state index is 14.2. The maximum absolute atomic E-state index is 14.2. The van der Waals surface area contributed by atoms with E-state index in [2.05, 4.69) is 12.2 Å². The third kappa shape index (κ3) is 3.10. The number of nitrogens with two attached hydrogens (primary N) is 1. The quantitative estimate of drug-likeness (QED) is 0.780. The van der Waals surface area contributed by atoms with Crippen LogP contribution in [0.1, 0.15) is 31.7 Å². The van der Waals surface area contributed by atoms with E-state index in [1.165, 1.54) is 6.07 Å². The minimum Gasteiger partial charge on any atom is -0.368 e. The molecule has 5 heteroatoms. The highest BCUT2D eigenvalue weighted by Gasteiger charge is 2.31. The molecule has 0 bridgehead atoms. The molecule has 1 aromatic carbocycles. The topological polar surface area (TPSA) is 58.4 Å². The van der Waals surface area contributed by atoms with E-state index in [0.29, 0.717) is 25.2 Å². The van der Waals surface area contributed by atoms with Crippen LogP contribution in [0.15, 0.2) is 18.2 Å². The zero-order valence-corrected chi connectivity index (χ0v) is 11.9. The minimum absolute atomic E-state index is 0.283. The molecule has 1 amide bonds. The van der Waals surface area contributed by atoms with Crippen LogP contribution in [-0.4, -0.2) is 25.0 Å². The molecule has 1 aromatic rings. The number of benzene rings is 1. The summed E-state index contributed by atoms with van der Waals surface area (Å²) in [7, 11) is 0. The van der Waals surface area contributed by atoms with Crippen molar-refractivity contribution in [2.24, 2.45) is 5.73 Å². The number of hydrogen-bond donors (Lipinski definition) is 2. The van der Waals surface area contributed by atoms with E-state index < -0.39 is 6.04 Å². The van der Waals surface area contributed by atoms with Crippen molar-refractivity contribution in [1.82, 2.24) is 5.32 Å². The molecule has 0 aliphatic carbocycles. The molecular formula is C15H22FN3O. The normalized spacial score (nSPS) is 18.5. The number of para-hydroxylation sites is 1. The van der Waals surface area contributed by atoms with Crippen LogP contribution in [0.4, 0.5) is 10.1 Å². The van der Waals surface area contributed by atoms with Crippen LogP contribution >= 0.6 is 0 Å². The van der Waals surface area contributed by atoms with Gasteiger partial charge < -0.3 is 16.0 Å². The molecule has 1 unspecified atom stereocenters. The van der Waals surface area contributed by atoms with E-state index in [4.69, 9.17) is 5.73 Å². The Morgan fingerprint density at radius 2 is 2.35 bits per heavy atom. The first-order valence-electron chi connectivity index (χ1n) is 7.19. The highest BCUT2D eigenvalue weighted by molar-refractivity contribution is 5.84. The molecular weight excluding hydrogens is 257 g/mol. The molecule has 1 atom stereocenters. The monoisotopic (exact) mass is 279 g/mol. The predicted molar refractivity (Wildman–Crippen MR) is 78.0 cm³/mol. The average Bonchev–Trinajstić information content (AvgIpc) is 2.88. The number of carbonyl (C=O) groups excluding carboxylic acids is 1. The van der Waals surface area contributed by atoms with Gasteiger partial charge in [0.25, 0.3) is 0 Å². The molecule has 0 saturated carbocycles. The second-order valence-electron chi connectivity index (χ2n) is 5.18. The molecule has 1 aliphatic heterocycles. The van der Waals surface area contributed by atoms with Crippen molar-refractivity contribution in [2.45, 2.75) is 38.8 Å². The number of anilines is 1. The van der Waals surface area contributed by atoms with Gasteiger partial charge >= 0.3 is 0 Å². The lowest BCUT2D eigenvalue weighted by molar-refractivity contribution is -0.119. The van der Waals surface area contributed by atoms with Crippen LogP contribution in [0.2, 0.25) is 0 Å². The Kier molecular flexibility index (Phi) is 4.95. The lowest BCUT2D eigenvalue weighted by Gasteiger charge is -2.27. The van der Waals surface area contributed by atoms with Crippen molar-refractivity contribution in [2.75, 3.05) is 18.0 Å². The van der Waals surface area contributed by atoms with Gasteiger partial charge in [-0.2, -0.15) is 0 Å². The Bertz CT molecular complexity index is 478. The standard InChI is InChI=1S/C15H22FN3O/c1-2-8-18-10-11-5-3-6-12(16)14(11)19-9-4-7-13(19)15(17)20/h3,5-6,13,18H,2,4,7-10H2,1H3,(H2,17,20). The predicted octanol–water partition coefficient (Wildman–Crippen LogP) is 1.78. The van der Waals surface area contributed by atoms with Crippen molar-refractivity contribution in [3.8, 4) is 0 Å². The van der Waals surface area contributed by atoms with E-state index in [9.17, 15) is 9.18 Å². The molecule has 1 heterocycles. The lowest BCUT2D eigenvalue weighted by Crippen LogP contribution is -2.41. The first-order chi connectivity index (χ1) is 9.65. The molecule has 110 valence electrons. The van der Waals surface area contributed by atoms with Crippen molar-refractivity contribution >= 4 is 11.6 Å². The van der Waals surface area contributed by atoms with Gasteiger partial charge in [-0.25, -0.2) is 4.39 Å². The lowest BCUT2D eigenvalue weighted by atomic mass is 10.1. The summed E-state index contributed by atoms with van der Waals surface area (Å²) in [6.07, 6.45) is 2.59. The number of halogens is 1. The fourth-order valence-corrected chi connectivity index (χ4v) is 2.75. The van der Waals surface area contributed by atoms with Crippen molar-refractivity contribution in [3.05, 3.63) is 29.6 Å². The third-order valence-corrected chi connectivity index (χ3v) is 3.68. The fourth-order valence-electron chi connectivity index (χ4n) is 2.75. The molecule has 0 aromatic heterocycles. The van der Waals surface area contributed by atoms with Gasteiger partial charge in [0, 0.05) is 13.1 Å². The van der Waals surface area contributed by atoms with Gasteiger partial charge in [-0.05, 0) is 37.4 Å². The Balaban J connectivity index is 2.27. The summed E-state index contributed by atoms with van der Waals surface area (Å²) in [5, 5.41) is 3.28. The van der Waals surface area contributed by atoms with E-state index in [1.54, 1.807) is 6.07 Å². The number of rotatable bonds is 6. The Morgan fingerprint density at radius 3 is 3.05 bits per heavy atom. The summed E-state index contributed by atoms with van der Waals surface area (Å²) in [4.78, 5) is 13.3. The van der Waals surface area contributed by atoms with E-state index in [-0.39, 0.29) is 11.7 Å². The zero-order valence-electron chi connectivity index (χ0n) is 11.9. The summed E-state index contributed by atoms with van der Waals surface area (Å²) < 4.78 is 14.2. The first kappa shape index (κ1) is 14.8. The largest absolute Gasteiger partial charge is 0.368 e. The second-order valence-corrected chi connectivity index (χ2v) is 5.18. The van der Waals surface area contributed by atoms with Crippen molar-refractivity contribution in [3.63, 3.8) is 0 Å². The maximum Gasteiger partial charge on any atom is 0.240 e. The Hall–Kier alpha value is -1.62. The zero-order chi connectivity index (χ0) is 14.5.